The first-order valence-corrected chi connectivity index (χ1v) is 8.15. The molecule has 0 spiro atoms. The maximum atomic E-state index is 12.5. The van der Waals surface area contributed by atoms with E-state index in [2.05, 4.69) is 5.32 Å². The van der Waals surface area contributed by atoms with Gasteiger partial charge in [0, 0.05) is 28.2 Å². The highest BCUT2D eigenvalue weighted by molar-refractivity contribution is 6.02. The van der Waals surface area contributed by atoms with E-state index in [1.54, 1.807) is 7.11 Å². The normalized spacial score (nSPS) is 10.9. The largest absolute Gasteiger partial charge is 0.497 e. The summed E-state index contributed by atoms with van der Waals surface area (Å²) < 4.78 is 7.18. The Bertz CT molecular complexity index is 1060. The predicted octanol–water partition coefficient (Wildman–Crippen LogP) is 4.44. The van der Waals surface area contributed by atoms with Crippen molar-refractivity contribution in [2.75, 3.05) is 12.4 Å². The molecule has 0 saturated heterocycles. The lowest BCUT2D eigenvalue weighted by molar-refractivity contribution is -0.116. The Hall–Kier alpha value is -3.27. The van der Waals surface area contributed by atoms with E-state index in [9.17, 15) is 4.79 Å². The van der Waals surface area contributed by atoms with Gasteiger partial charge >= 0.3 is 0 Å². The maximum absolute atomic E-state index is 12.5. The summed E-state index contributed by atoms with van der Waals surface area (Å²) in [5.41, 5.74) is 1.84. The van der Waals surface area contributed by atoms with E-state index in [1.807, 2.05) is 77.5 Å². The lowest BCUT2D eigenvalue weighted by atomic mass is 10.1. The van der Waals surface area contributed by atoms with E-state index in [0.29, 0.717) is 0 Å². The number of nitrogens with zero attached hydrogens (tertiary/aromatic N) is 1. The average Bonchev–Trinajstić information content (AvgIpc) is 3.04. The highest BCUT2D eigenvalue weighted by Crippen LogP contribution is 2.24. The molecule has 0 aliphatic carbocycles. The Balaban J connectivity index is 1.58. The molecular weight excluding hydrogens is 312 g/mol. The molecular formula is C21H18N2O2. The minimum atomic E-state index is -0.0512. The van der Waals surface area contributed by atoms with E-state index >= 15 is 0 Å². The number of methoxy groups -OCH3 is 1. The monoisotopic (exact) mass is 330 g/mol. The molecule has 4 rings (SSSR count). The number of benzene rings is 3. The van der Waals surface area contributed by atoms with Crippen LogP contribution in [0.4, 0.5) is 5.69 Å². The lowest BCUT2D eigenvalue weighted by Crippen LogP contribution is -2.18. The minimum Gasteiger partial charge on any atom is -0.497 e. The summed E-state index contributed by atoms with van der Waals surface area (Å²) in [6.07, 6.45) is 1.92. The summed E-state index contributed by atoms with van der Waals surface area (Å²) >= 11 is 0. The van der Waals surface area contributed by atoms with Crippen molar-refractivity contribution in [3.63, 3.8) is 0 Å². The van der Waals surface area contributed by atoms with Crippen molar-refractivity contribution in [2.24, 2.45) is 0 Å². The molecule has 1 amide bonds. The van der Waals surface area contributed by atoms with Gasteiger partial charge in [-0.15, -0.1) is 0 Å². The van der Waals surface area contributed by atoms with Crippen molar-refractivity contribution in [2.45, 2.75) is 6.54 Å². The van der Waals surface area contributed by atoms with Crippen molar-refractivity contribution >= 4 is 33.3 Å². The van der Waals surface area contributed by atoms with Gasteiger partial charge in [0.1, 0.15) is 12.3 Å². The summed E-state index contributed by atoms with van der Waals surface area (Å²) in [6, 6.07) is 21.8. The van der Waals surface area contributed by atoms with Crippen LogP contribution < -0.4 is 10.1 Å². The second-order valence-electron chi connectivity index (χ2n) is 5.94. The number of aromatic nitrogens is 1. The van der Waals surface area contributed by atoms with Gasteiger partial charge in [0.15, 0.2) is 0 Å². The van der Waals surface area contributed by atoms with Gasteiger partial charge in [-0.25, -0.2) is 0 Å². The molecule has 0 fully saturated rings. The SMILES string of the molecule is COc1ccc2c(ccn2CC(=O)Nc2cccc3ccccc23)c1. The topological polar surface area (TPSA) is 43.3 Å². The standard InChI is InChI=1S/C21H18N2O2/c1-25-17-9-10-20-16(13-17)11-12-23(20)14-21(24)22-19-8-4-6-15-5-2-3-7-18(15)19/h2-13H,14H2,1H3,(H,22,24). The van der Waals surface area contributed by atoms with E-state index in [4.69, 9.17) is 4.74 Å². The Labute approximate surface area is 145 Å². The summed E-state index contributed by atoms with van der Waals surface area (Å²) in [5, 5.41) is 6.23. The van der Waals surface area contributed by atoms with Gasteiger partial charge in [-0.05, 0) is 35.7 Å². The van der Waals surface area contributed by atoms with Gasteiger partial charge in [-0.3, -0.25) is 4.79 Å². The molecule has 0 radical (unpaired) electrons. The quantitative estimate of drug-likeness (QED) is 0.601. The van der Waals surface area contributed by atoms with Gasteiger partial charge in [0.2, 0.25) is 5.91 Å². The molecule has 0 bridgehead atoms. The highest BCUT2D eigenvalue weighted by Gasteiger charge is 2.09. The first-order chi connectivity index (χ1) is 12.2. The molecule has 4 nitrogen and oxygen atoms in total. The molecule has 25 heavy (non-hydrogen) atoms. The third-order valence-electron chi connectivity index (χ3n) is 4.36. The molecule has 0 aliphatic heterocycles. The number of hydrogen-bond acceptors (Lipinski definition) is 2. The van der Waals surface area contributed by atoms with Crippen LogP contribution in [0.2, 0.25) is 0 Å². The number of rotatable bonds is 4. The van der Waals surface area contributed by atoms with Gasteiger partial charge in [-0.1, -0.05) is 36.4 Å². The first-order valence-electron chi connectivity index (χ1n) is 8.15. The number of carbonyl (C=O) groups excluding carboxylic acids is 1. The van der Waals surface area contributed by atoms with Crippen molar-refractivity contribution in [3.8, 4) is 5.75 Å². The van der Waals surface area contributed by atoms with Gasteiger partial charge < -0.3 is 14.6 Å². The fourth-order valence-electron chi connectivity index (χ4n) is 3.12. The van der Waals surface area contributed by atoms with Crippen LogP contribution in [0.25, 0.3) is 21.7 Å². The van der Waals surface area contributed by atoms with Crippen LogP contribution in [-0.2, 0) is 11.3 Å². The Kier molecular flexibility index (Phi) is 3.86. The van der Waals surface area contributed by atoms with Crippen LogP contribution in [0.3, 0.4) is 0 Å². The average molecular weight is 330 g/mol. The minimum absolute atomic E-state index is 0.0512. The number of amides is 1. The second kappa shape index (κ2) is 6.32. The number of nitrogens with one attached hydrogen (secondary N) is 1. The molecule has 1 N–H and O–H groups in total. The zero-order valence-corrected chi connectivity index (χ0v) is 13.9. The molecule has 124 valence electrons. The Morgan fingerprint density at radius 1 is 1.00 bits per heavy atom. The molecule has 0 saturated carbocycles. The fraction of sp³-hybridized carbons (Fsp3) is 0.0952. The van der Waals surface area contributed by atoms with Crippen LogP contribution >= 0.6 is 0 Å². The third-order valence-corrected chi connectivity index (χ3v) is 4.36. The number of ether oxygens (including phenoxy) is 1. The number of anilines is 1. The molecule has 4 aromatic rings. The Morgan fingerprint density at radius 3 is 2.72 bits per heavy atom. The highest BCUT2D eigenvalue weighted by atomic mass is 16.5. The number of carbonyl (C=O) groups is 1. The van der Waals surface area contributed by atoms with E-state index in [-0.39, 0.29) is 12.5 Å². The van der Waals surface area contributed by atoms with Crippen LogP contribution in [0.5, 0.6) is 5.75 Å². The summed E-state index contributed by atoms with van der Waals surface area (Å²) in [7, 11) is 1.65. The van der Waals surface area contributed by atoms with Gasteiger partial charge in [0.05, 0.1) is 7.11 Å². The van der Waals surface area contributed by atoms with Crippen LogP contribution in [-0.4, -0.2) is 17.6 Å². The molecule has 0 aliphatic rings. The summed E-state index contributed by atoms with van der Waals surface area (Å²) in [5.74, 6) is 0.759. The van der Waals surface area contributed by atoms with Crippen molar-refractivity contribution in [3.05, 3.63) is 72.9 Å². The molecule has 3 aromatic carbocycles. The van der Waals surface area contributed by atoms with Gasteiger partial charge in [0.25, 0.3) is 0 Å². The van der Waals surface area contributed by atoms with Crippen LogP contribution in [0.1, 0.15) is 0 Å². The number of hydrogen-bond donors (Lipinski definition) is 1. The molecule has 0 unspecified atom stereocenters. The molecule has 0 atom stereocenters. The zero-order valence-electron chi connectivity index (χ0n) is 13.9. The third kappa shape index (κ3) is 2.94. The van der Waals surface area contributed by atoms with E-state index in [0.717, 1.165) is 33.1 Å². The summed E-state index contributed by atoms with van der Waals surface area (Å²) in [4.78, 5) is 12.5. The zero-order chi connectivity index (χ0) is 17.2. The lowest BCUT2D eigenvalue weighted by Gasteiger charge is -2.10. The molecule has 1 aromatic heterocycles. The first kappa shape index (κ1) is 15.3. The Morgan fingerprint density at radius 2 is 1.84 bits per heavy atom. The smallest absolute Gasteiger partial charge is 0.244 e. The van der Waals surface area contributed by atoms with E-state index in [1.165, 1.54) is 0 Å². The fourth-order valence-corrected chi connectivity index (χ4v) is 3.12. The second-order valence-corrected chi connectivity index (χ2v) is 5.94. The number of fused-ring (bicyclic) bond motifs is 2. The molecule has 4 heteroatoms. The molecule has 1 heterocycles. The van der Waals surface area contributed by atoms with Crippen molar-refractivity contribution in [1.29, 1.82) is 0 Å². The van der Waals surface area contributed by atoms with Crippen molar-refractivity contribution in [1.82, 2.24) is 4.57 Å². The van der Waals surface area contributed by atoms with E-state index < -0.39 is 0 Å². The van der Waals surface area contributed by atoms with Crippen molar-refractivity contribution < 1.29 is 9.53 Å². The van der Waals surface area contributed by atoms with Gasteiger partial charge in [-0.2, -0.15) is 0 Å². The maximum Gasteiger partial charge on any atom is 0.244 e. The predicted molar refractivity (Wildman–Crippen MR) is 101 cm³/mol. The van der Waals surface area contributed by atoms with Crippen LogP contribution in [0, 0.1) is 0 Å². The van der Waals surface area contributed by atoms with Crippen LogP contribution in [0.15, 0.2) is 72.9 Å². The summed E-state index contributed by atoms with van der Waals surface area (Å²) in [6.45, 7) is 0.263.